The van der Waals surface area contributed by atoms with Crippen molar-refractivity contribution in [2.45, 2.75) is 63.9 Å². The van der Waals surface area contributed by atoms with E-state index in [1.54, 1.807) is 11.8 Å². The maximum absolute atomic E-state index is 12.1. The summed E-state index contributed by atoms with van der Waals surface area (Å²) in [5, 5.41) is 5.20. The lowest BCUT2D eigenvalue weighted by Crippen LogP contribution is -2.33. The van der Waals surface area contributed by atoms with Crippen molar-refractivity contribution in [2.75, 3.05) is 5.75 Å². The van der Waals surface area contributed by atoms with Gasteiger partial charge >= 0.3 is 0 Å². The minimum absolute atomic E-state index is 0.0814. The molecule has 2 aromatic heterocycles. The lowest BCUT2D eigenvalue weighted by atomic mass is 9.97. The first-order chi connectivity index (χ1) is 11.1. The highest BCUT2D eigenvalue weighted by Gasteiger charge is 2.21. The number of nitrogens with zero attached hydrogens (tertiary/aromatic N) is 2. The van der Waals surface area contributed by atoms with E-state index in [-0.39, 0.29) is 11.9 Å². The zero-order valence-electron chi connectivity index (χ0n) is 13.9. The van der Waals surface area contributed by atoms with Crippen LogP contribution in [0, 0.1) is 6.92 Å². The first-order valence-corrected chi connectivity index (χ1v) is 10.1. The van der Waals surface area contributed by atoms with Crippen molar-refractivity contribution in [3.63, 3.8) is 0 Å². The number of hydrogen-bond donors (Lipinski definition) is 1. The van der Waals surface area contributed by atoms with Crippen molar-refractivity contribution in [3.8, 4) is 0 Å². The molecule has 0 spiro atoms. The summed E-state index contributed by atoms with van der Waals surface area (Å²) in [7, 11) is 0. The van der Waals surface area contributed by atoms with E-state index in [9.17, 15) is 4.79 Å². The van der Waals surface area contributed by atoms with E-state index in [0.717, 1.165) is 34.9 Å². The predicted molar refractivity (Wildman–Crippen MR) is 97.4 cm³/mol. The summed E-state index contributed by atoms with van der Waals surface area (Å²) in [5.41, 5.74) is 1.43. The van der Waals surface area contributed by atoms with Gasteiger partial charge in [0.25, 0.3) is 0 Å². The standard InChI is InChI=1S/C17H23N3OS2/c1-4-10(2)18-14(21)9-22-16-15-12-7-5-6-8-13(12)23-17(15)20-11(3)19-16/h10H,4-9H2,1-3H3,(H,18,21). The van der Waals surface area contributed by atoms with E-state index in [1.807, 2.05) is 25.2 Å². The molecule has 0 aromatic carbocycles. The minimum Gasteiger partial charge on any atom is -0.353 e. The Balaban J connectivity index is 1.85. The van der Waals surface area contributed by atoms with Crippen LogP contribution in [0.1, 0.15) is 49.4 Å². The second kappa shape index (κ2) is 7.18. The van der Waals surface area contributed by atoms with Gasteiger partial charge in [-0.2, -0.15) is 0 Å². The van der Waals surface area contributed by atoms with Gasteiger partial charge in [0.15, 0.2) is 0 Å². The number of amides is 1. The minimum atomic E-state index is 0.0814. The monoisotopic (exact) mass is 349 g/mol. The van der Waals surface area contributed by atoms with E-state index in [1.165, 1.54) is 28.7 Å². The second-order valence-electron chi connectivity index (χ2n) is 6.13. The molecule has 4 nitrogen and oxygen atoms in total. The Labute approximate surface area is 145 Å². The molecule has 1 amide bonds. The summed E-state index contributed by atoms with van der Waals surface area (Å²) in [6.07, 6.45) is 5.74. The van der Waals surface area contributed by atoms with Crippen molar-refractivity contribution in [1.29, 1.82) is 0 Å². The molecular formula is C17H23N3OS2. The van der Waals surface area contributed by atoms with Gasteiger partial charge in [0, 0.05) is 16.3 Å². The molecule has 3 rings (SSSR count). The number of carbonyl (C=O) groups excluding carboxylic acids is 1. The van der Waals surface area contributed by atoms with Crippen molar-refractivity contribution >= 4 is 39.2 Å². The molecule has 1 unspecified atom stereocenters. The van der Waals surface area contributed by atoms with Gasteiger partial charge in [-0.05, 0) is 51.5 Å². The fraction of sp³-hybridized carbons (Fsp3) is 0.588. The normalized spacial score (nSPS) is 15.4. The van der Waals surface area contributed by atoms with Crippen LogP contribution in [0.4, 0.5) is 0 Å². The Hall–Kier alpha value is -1.14. The molecule has 1 atom stereocenters. The Morgan fingerprint density at radius 1 is 1.35 bits per heavy atom. The SMILES string of the molecule is CCC(C)NC(=O)CSc1nc(C)nc2sc3c(c12)CCCC3. The third-order valence-electron chi connectivity index (χ3n) is 4.25. The highest BCUT2D eigenvalue weighted by molar-refractivity contribution is 8.00. The summed E-state index contributed by atoms with van der Waals surface area (Å²) >= 11 is 3.36. The fourth-order valence-electron chi connectivity index (χ4n) is 2.88. The van der Waals surface area contributed by atoms with Crippen LogP contribution in [-0.2, 0) is 17.6 Å². The summed E-state index contributed by atoms with van der Waals surface area (Å²) in [5.74, 6) is 1.29. The highest BCUT2D eigenvalue weighted by atomic mass is 32.2. The van der Waals surface area contributed by atoms with Crippen LogP contribution in [0.25, 0.3) is 10.2 Å². The molecule has 0 bridgehead atoms. The molecule has 2 aromatic rings. The van der Waals surface area contributed by atoms with Gasteiger partial charge in [0.1, 0.15) is 15.7 Å². The fourth-order valence-corrected chi connectivity index (χ4v) is 5.17. The molecule has 6 heteroatoms. The molecule has 2 heterocycles. The largest absolute Gasteiger partial charge is 0.353 e. The van der Waals surface area contributed by atoms with E-state index < -0.39 is 0 Å². The Morgan fingerprint density at radius 3 is 2.91 bits per heavy atom. The summed E-state index contributed by atoms with van der Waals surface area (Å²) in [6, 6.07) is 0.226. The van der Waals surface area contributed by atoms with E-state index in [0.29, 0.717) is 5.75 Å². The number of carbonyl (C=O) groups is 1. The van der Waals surface area contributed by atoms with Gasteiger partial charge < -0.3 is 5.32 Å². The zero-order valence-corrected chi connectivity index (χ0v) is 15.6. The molecule has 0 saturated heterocycles. The lowest BCUT2D eigenvalue weighted by Gasteiger charge is -2.13. The third-order valence-corrected chi connectivity index (χ3v) is 6.41. The van der Waals surface area contributed by atoms with Crippen LogP contribution in [-0.4, -0.2) is 27.7 Å². The van der Waals surface area contributed by atoms with Gasteiger partial charge in [0.05, 0.1) is 5.75 Å². The number of aromatic nitrogens is 2. The number of nitrogens with one attached hydrogen (secondary N) is 1. The van der Waals surface area contributed by atoms with Crippen molar-refractivity contribution < 1.29 is 4.79 Å². The summed E-state index contributed by atoms with van der Waals surface area (Å²) < 4.78 is 0. The van der Waals surface area contributed by atoms with Gasteiger partial charge in [-0.3, -0.25) is 4.79 Å². The average molecular weight is 350 g/mol. The summed E-state index contributed by atoms with van der Waals surface area (Å²) in [6.45, 7) is 6.04. The van der Waals surface area contributed by atoms with Crippen LogP contribution in [0.2, 0.25) is 0 Å². The van der Waals surface area contributed by atoms with Crippen molar-refractivity contribution in [1.82, 2.24) is 15.3 Å². The third kappa shape index (κ3) is 3.69. The molecule has 1 aliphatic carbocycles. The van der Waals surface area contributed by atoms with Gasteiger partial charge in [-0.15, -0.1) is 11.3 Å². The van der Waals surface area contributed by atoms with E-state index in [4.69, 9.17) is 0 Å². The Kier molecular flexibility index (Phi) is 5.21. The number of hydrogen-bond acceptors (Lipinski definition) is 5. The number of aryl methyl sites for hydroxylation is 3. The van der Waals surface area contributed by atoms with Crippen LogP contribution < -0.4 is 5.32 Å². The topological polar surface area (TPSA) is 54.9 Å². The number of thioether (sulfide) groups is 1. The van der Waals surface area contributed by atoms with Crippen LogP contribution in [0.5, 0.6) is 0 Å². The molecule has 0 saturated carbocycles. The smallest absolute Gasteiger partial charge is 0.230 e. The average Bonchev–Trinajstić information content (AvgIpc) is 2.90. The zero-order chi connectivity index (χ0) is 16.4. The maximum Gasteiger partial charge on any atom is 0.230 e. The lowest BCUT2D eigenvalue weighted by molar-refractivity contribution is -0.119. The molecule has 23 heavy (non-hydrogen) atoms. The molecule has 124 valence electrons. The molecule has 1 aliphatic rings. The van der Waals surface area contributed by atoms with Crippen LogP contribution in [0.3, 0.4) is 0 Å². The predicted octanol–water partition coefficient (Wildman–Crippen LogP) is 3.89. The molecule has 1 N–H and O–H groups in total. The van der Waals surface area contributed by atoms with Crippen LogP contribution >= 0.6 is 23.1 Å². The molecule has 0 aliphatic heterocycles. The Bertz CT molecular complexity index is 726. The summed E-state index contributed by atoms with van der Waals surface area (Å²) in [4.78, 5) is 23.9. The van der Waals surface area contributed by atoms with Gasteiger partial charge in [0.2, 0.25) is 5.91 Å². The molecule has 0 radical (unpaired) electrons. The molecule has 0 fully saturated rings. The first-order valence-electron chi connectivity index (χ1n) is 8.29. The maximum atomic E-state index is 12.1. The second-order valence-corrected chi connectivity index (χ2v) is 8.18. The number of thiophene rings is 1. The van der Waals surface area contributed by atoms with Crippen molar-refractivity contribution in [2.24, 2.45) is 0 Å². The van der Waals surface area contributed by atoms with Crippen molar-refractivity contribution in [3.05, 3.63) is 16.3 Å². The Morgan fingerprint density at radius 2 is 2.13 bits per heavy atom. The number of fused-ring (bicyclic) bond motifs is 3. The van der Waals surface area contributed by atoms with Crippen LogP contribution in [0.15, 0.2) is 5.03 Å². The quantitative estimate of drug-likeness (QED) is 0.657. The van der Waals surface area contributed by atoms with E-state index >= 15 is 0 Å². The molecular weight excluding hydrogens is 326 g/mol. The first kappa shape index (κ1) is 16.7. The highest BCUT2D eigenvalue weighted by Crippen LogP contribution is 2.39. The van der Waals surface area contributed by atoms with Gasteiger partial charge in [-0.1, -0.05) is 18.7 Å². The van der Waals surface area contributed by atoms with Gasteiger partial charge in [-0.25, -0.2) is 9.97 Å². The number of rotatable bonds is 5. The van der Waals surface area contributed by atoms with E-state index in [2.05, 4.69) is 22.2 Å².